The molecular weight excluding hydrogens is 228 g/mol. The fraction of sp³-hybridized carbons (Fsp3) is 0.444. The number of sulfonamides is 1. The lowest BCUT2D eigenvalue weighted by Gasteiger charge is -2.11. The highest BCUT2D eigenvalue weighted by molar-refractivity contribution is 7.89. The van der Waals surface area contributed by atoms with Gasteiger partial charge in [0, 0.05) is 20.6 Å². The zero-order valence-corrected chi connectivity index (χ0v) is 10.2. The molecule has 0 aliphatic carbocycles. The Kier molecular flexibility index (Phi) is 4.08. The number of nitrogen functional groups attached to an aromatic ring is 1. The topological polar surface area (TPSA) is 88.3 Å². The van der Waals surface area contributed by atoms with E-state index in [9.17, 15) is 8.42 Å². The van der Waals surface area contributed by atoms with Crippen LogP contribution in [-0.4, -0.2) is 44.1 Å². The monoisotopic (exact) mass is 244 g/mol. The van der Waals surface area contributed by atoms with E-state index in [1.165, 1.54) is 18.4 Å². The zero-order valence-electron chi connectivity index (χ0n) is 9.34. The lowest BCUT2D eigenvalue weighted by atomic mass is 10.4. The molecule has 0 bridgehead atoms. The van der Waals surface area contributed by atoms with Crippen molar-refractivity contribution in [2.75, 3.05) is 37.4 Å². The first-order chi connectivity index (χ1) is 7.42. The molecule has 7 heteroatoms. The number of nitrogens with two attached hydrogens (primary N) is 1. The van der Waals surface area contributed by atoms with Crippen LogP contribution in [0.4, 0.5) is 11.5 Å². The minimum Gasteiger partial charge on any atom is -0.384 e. The van der Waals surface area contributed by atoms with Crippen molar-refractivity contribution in [1.82, 2.24) is 9.29 Å². The van der Waals surface area contributed by atoms with Crippen LogP contribution in [0.5, 0.6) is 0 Å². The van der Waals surface area contributed by atoms with Crippen molar-refractivity contribution >= 4 is 21.5 Å². The summed E-state index contributed by atoms with van der Waals surface area (Å²) in [5, 5.41) is 2.96. The molecule has 1 heterocycles. The van der Waals surface area contributed by atoms with Crippen molar-refractivity contribution in [2.24, 2.45) is 0 Å². The summed E-state index contributed by atoms with van der Waals surface area (Å²) in [6.07, 6.45) is 1.57. The van der Waals surface area contributed by atoms with Gasteiger partial charge >= 0.3 is 0 Å². The normalized spacial score (nSPS) is 11.7. The molecule has 1 aromatic rings. The first-order valence-electron chi connectivity index (χ1n) is 4.77. The molecule has 0 aliphatic rings. The highest BCUT2D eigenvalue weighted by Gasteiger charge is 2.12. The molecule has 0 atom stereocenters. The molecule has 0 aliphatic heterocycles. The lowest BCUT2D eigenvalue weighted by molar-refractivity contribution is 0.521. The first kappa shape index (κ1) is 12.7. The molecule has 0 saturated heterocycles. The van der Waals surface area contributed by atoms with Gasteiger partial charge in [0.2, 0.25) is 10.0 Å². The third-order valence-corrected chi connectivity index (χ3v) is 3.86. The van der Waals surface area contributed by atoms with Crippen LogP contribution in [0.15, 0.2) is 18.3 Å². The molecule has 1 aromatic heterocycles. The van der Waals surface area contributed by atoms with Crippen molar-refractivity contribution in [3.05, 3.63) is 18.3 Å². The molecular formula is C9H16N4O2S. The Balaban J connectivity index is 2.45. The standard InChI is InChI=1S/C9H16N4O2S/c1-13(2)16(14,15)6-5-11-8-3-4-9(10)12-7-8/h3-4,7,11H,5-6H2,1-2H3,(H2,10,12). The van der Waals surface area contributed by atoms with Gasteiger partial charge in [-0.25, -0.2) is 17.7 Å². The van der Waals surface area contributed by atoms with Crippen LogP contribution in [0.25, 0.3) is 0 Å². The van der Waals surface area contributed by atoms with Gasteiger partial charge in [-0.1, -0.05) is 0 Å². The van der Waals surface area contributed by atoms with Crippen LogP contribution >= 0.6 is 0 Å². The van der Waals surface area contributed by atoms with Crippen molar-refractivity contribution in [3.8, 4) is 0 Å². The number of hydrogen-bond acceptors (Lipinski definition) is 5. The van der Waals surface area contributed by atoms with Gasteiger partial charge in [0.1, 0.15) is 5.82 Å². The number of rotatable bonds is 5. The predicted octanol–water partition coefficient (Wildman–Crippen LogP) is -0.0329. The Morgan fingerprint density at radius 2 is 2.12 bits per heavy atom. The van der Waals surface area contributed by atoms with Gasteiger partial charge < -0.3 is 11.1 Å². The van der Waals surface area contributed by atoms with Crippen LogP contribution in [0.1, 0.15) is 0 Å². The highest BCUT2D eigenvalue weighted by Crippen LogP contribution is 2.06. The SMILES string of the molecule is CN(C)S(=O)(=O)CCNc1ccc(N)nc1. The summed E-state index contributed by atoms with van der Waals surface area (Å²) in [6.45, 7) is 0.339. The summed E-state index contributed by atoms with van der Waals surface area (Å²) in [5.41, 5.74) is 6.18. The van der Waals surface area contributed by atoms with E-state index in [1.807, 2.05) is 0 Å². The molecule has 16 heavy (non-hydrogen) atoms. The van der Waals surface area contributed by atoms with E-state index in [0.29, 0.717) is 12.4 Å². The minimum atomic E-state index is -3.15. The molecule has 3 N–H and O–H groups in total. The number of nitrogens with zero attached hydrogens (tertiary/aromatic N) is 2. The lowest BCUT2D eigenvalue weighted by Crippen LogP contribution is -2.28. The van der Waals surface area contributed by atoms with Gasteiger partial charge in [-0.05, 0) is 12.1 Å². The first-order valence-corrected chi connectivity index (χ1v) is 6.38. The largest absolute Gasteiger partial charge is 0.384 e. The highest BCUT2D eigenvalue weighted by atomic mass is 32.2. The van der Waals surface area contributed by atoms with Gasteiger partial charge in [-0.15, -0.1) is 0 Å². The molecule has 0 aromatic carbocycles. The molecule has 90 valence electrons. The van der Waals surface area contributed by atoms with Crippen LogP contribution in [0.2, 0.25) is 0 Å². The summed E-state index contributed by atoms with van der Waals surface area (Å²) in [5.74, 6) is 0.483. The summed E-state index contributed by atoms with van der Waals surface area (Å²) in [7, 11) is -0.123. The predicted molar refractivity (Wildman–Crippen MR) is 64.6 cm³/mol. The number of pyridine rings is 1. The van der Waals surface area contributed by atoms with E-state index in [0.717, 1.165) is 5.69 Å². The maximum Gasteiger partial charge on any atom is 0.215 e. The molecule has 6 nitrogen and oxygen atoms in total. The maximum atomic E-state index is 11.4. The maximum absolute atomic E-state index is 11.4. The summed E-state index contributed by atoms with van der Waals surface area (Å²) in [4.78, 5) is 3.88. The average Bonchev–Trinajstić information content (AvgIpc) is 2.20. The van der Waals surface area contributed by atoms with E-state index in [-0.39, 0.29) is 5.75 Å². The van der Waals surface area contributed by atoms with Crippen molar-refractivity contribution in [2.45, 2.75) is 0 Å². The Bertz CT molecular complexity index is 427. The van der Waals surface area contributed by atoms with Crippen molar-refractivity contribution in [1.29, 1.82) is 0 Å². The van der Waals surface area contributed by atoms with Crippen molar-refractivity contribution in [3.63, 3.8) is 0 Å². The van der Waals surface area contributed by atoms with Crippen LogP contribution in [0, 0.1) is 0 Å². The number of anilines is 2. The van der Waals surface area contributed by atoms with E-state index in [1.54, 1.807) is 18.3 Å². The van der Waals surface area contributed by atoms with Crippen LogP contribution in [-0.2, 0) is 10.0 Å². The number of nitrogens with one attached hydrogen (secondary N) is 1. The van der Waals surface area contributed by atoms with Gasteiger partial charge in [0.15, 0.2) is 0 Å². The molecule has 0 amide bonds. The van der Waals surface area contributed by atoms with Crippen LogP contribution < -0.4 is 11.1 Å². The summed E-state index contributed by atoms with van der Waals surface area (Å²) in [6, 6.07) is 3.41. The van der Waals surface area contributed by atoms with Gasteiger partial charge in [-0.2, -0.15) is 0 Å². The smallest absolute Gasteiger partial charge is 0.215 e. The van der Waals surface area contributed by atoms with Crippen molar-refractivity contribution < 1.29 is 8.42 Å². The molecule has 0 fully saturated rings. The number of hydrogen-bond donors (Lipinski definition) is 2. The Hall–Kier alpha value is -1.34. The van der Waals surface area contributed by atoms with Gasteiger partial charge in [0.05, 0.1) is 17.6 Å². The van der Waals surface area contributed by atoms with Gasteiger partial charge in [0.25, 0.3) is 0 Å². The molecule has 0 saturated carbocycles. The molecule has 0 unspecified atom stereocenters. The molecule has 0 radical (unpaired) electrons. The fourth-order valence-electron chi connectivity index (χ4n) is 1.02. The third kappa shape index (κ3) is 3.67. The van der Waals surface area contributed by atoms with Gasteiger partial charge in [-0.3, -0.25) is 0 Å². The second kappa shape index (κ2) is 5.13. The zero-order chi connectivity index (χ0) is 12.2. The Labute approximate surface area is 95.5 Å². The molecule has 1 rings (SSSR count). The number of aromatic nitrogens is 1. The second-order valence-corrected chi connectivity index (χ2v) is 5.80. The van der Waals surface area contributed by atoms with E-state index < -0.39 is 10.0 Å². The fourth-order valence-corrected chi connectivity index (χ4v) is 1.74. The quantitative estimate of drug-likeness (QED) is 0.759. The Morgan fingerprint density at radius 3 is 2.62 bits per heavy atom. The summed E-state index contributed by atoms with van der Waals surface area (Å²) < 4.78 is 24.1. The minimum absolute atomic E-state index is 0.0460. The average molecular weight is 244 g/mol. The van der Waals surface area contributed by atoms with E-state index in [2.05, 4.69) is 10.3 Å². The van der Waals surface area contributed by atoms with E-state index >= 15 is 0 Å². The second-order valence-electron chi connectivity index (χ2n) is 3.50. The summed E-state index contributed by atoms with van der Waals surface area (Å²) >= 11 is 0. The van der Waals surface area contributed by atoms with Crippen LogP contribution in [0.3, 0.4) is 0 Å². The Morgan fingerprint density at radius 1 is 1.44 bits per heavy atom. The van der Waals surface area contributed by atoms with E-state index in [4.69, 9.17) is 5.73 Å². The third-order valence-electron chi connectivity index (χ3n) is 2.03. The molecule has 0 spiro atoms.